The molecule has 0 spiro atoms. The monoisotopic (exact) mass is 504 g/mol. The Hall–Kier alpha value is -4.07. The van der Waals surface area contributed by atoms with Gasteiger partial charge in [-0.1, -0.05) is 54.6 Å². The van der Waals surface area contributed by atoms with Crippen LogP contribution in [0.25, 0.3) is 32.7 Å². The number of fused-ring (bicyclic) bond motifs is 3. The molecule has 3 N–H and O–H groups in total. The standard InChI is InChI=1S/3C9H7NO.Ga/c3*11-8-5-1-3-7-4-2-6-10-9(7)8;/h3*1-6,11H;/q;;;+3. The summed E-state index contributed by atoms with van der Waals surface area (Å²) in [4.78, 5) is 12.1. The molecule has 6 rings (SSSR count). The summed E-state index contributed by atoms with van der Waals surface area (Å²) in [6, 6.07) is 27.4. The van der Waals surface area contributed by atoms with Crippen LogP contribution >= 0.6 is 0 Å². The molecule has 0 atom stereocenters. The average molecular weight is 505 g/mol. The number of para-hydroxylation sites is 3. The van der Waals surface area contributed by atoms with Crippen molar-refractivity contribution >= 4 is 52.5 Å². The molecule has 34 heavy (non-hydrogen) atoms. The van der Waals surface area contributed by atoms with Gasteiger partial charge in [0, 0.05) is 34.7 Å². The molecule has 7 heteroatoms. The van der Waals surface area contributed by atoms with E-state index in [4.69, 9.17) is 0 Å². The Kier molecular flexibility index (Phi) is 8.45. The third-order valence-electron chi connectivity index (χ3n) is 4.83. The molecule has 6 nitrogen and oxygen atoms in total. The molecule has 0 fully saturated rings. The van der Waals surface area contributed by atoms with Crippen molar-refractivity contribution in [1.29, 1.82) is 0 Å². The van der Waals surface area contributed by atoms with Gasteiger partial charge in [-0.05, 0) is 36.4 Å². The number of rotatable bonds is 0. The van der Waals surface area contributed by atoms with Gasteiger partial charge < -0.3 is 15.3 Å². The maximum Gasteiger partial charge on any atom is 3.00 e. The van der Waals surface area contributed by atoms with Crippen LogP contribution < -0.4 is 0 Å². The van der Waals surface area contributed by atoms with Crippen molar-refractivity contribution in [1.82, 2.24) is 15.0 Å². The summed E-state index contributed by atoms with van der Waals surface area (Å²) in [5.41, 5.74) is 1.99. The maximum absolute atomic E-state index is 9.31. The largest absolute Gasteiger partial charge is 3.00 e. The topological polar surface area (TPSA) is 99.4 Å². The van der Waals surface area contributed by atoms with Crippen LogP contribution in [0.2, 0.25) is 0 Å². The van der Waals surface area contributed by atoms with Gasteiger partial charge in [-0.15, -0.1) is 0 Å². The van der Waals surface area contributed by atoms with Crippen LogP contribution in [0, 0.1) is 0 Å². The zero-order valence-corrected chi connectivity index (χ0v) is 20.6. The Morgan fingerprint density at radius 3 is 0.912 bits per heavy atom. The van der Waals surface area contributed by atoms with Crippen molar-refractivity contribution in [2.24, 2.45) is 0 Å². The molecule has 3 heterocycles. The summed E-state index contributed by atoms with van der Waals surface area (Å²) in [6.45, 7) is 0. The second kappa shape index (κ2) is 11.7. The summed E-state index contributed by atoms with van der Waals surface area (Å²) in [5, 5.41) is 30.8. The number of nitrogens with zero attached hydrogens (tertiary/aromatic N) is 3. The van der Waals surface area contributed by atoms with E-state index in [0.29, 0.717) is 16.6 Å². The van der Waals surface area contributed by atoms with Gasteiger partial charge in [-0.3, -0.25) is 15.0 Å². The predicted octanol–water partition coefficient (Wildman–Crippen LogP) is 5.44. The minimum atomic E-state index is 0. The molecular formula is C27H21GaN3O3+3. The number of hydrogen-bond donors (Lipinski definition) is 3. The summed E-state index contributed by atoms with van der Waals surface area (Å²) < 4.78 is 0. The third-order valence-corrected chi connectivity index (χ3v) is 4.83. The van der Waals surface area contributed by atoms with Gasteiger partial charge >= 0.3 is 19.8 Å². The summed E-state index contributed by atoms with van der Waals surface area (Å²) >= 11 is 0. The van der Waals surface area contributed by atoms with Crippen molar-refractivity contribution in [3.8, 4) is 17.2 Å². The Bertz CT molecular complexity index is 1330. The number of hydrogen-bond acceptors (Lipinski definition) is 6. The number of phenols is 3. The third kappa shape index (κ3) is 5.83. The molecule has 0 saturated heterocycles. The molecule has 3 aromatic carbocycles. The zero-order chi connectivity index (χ0) is 23.0. The van der Waals surface area contributed by atoms with Crippen LogP contribution in [0.1, 0.15) is 0 Å². The van der Waals surface area contributed by atoms with Crippen LogP contribution in [0.15, 0.2) is 110 Å². The van der Waals surface area contributed by atoms with Crippen LogP contribution in [-0.2, 0) is 0 Å². The summed E-state index contributed by atoms with van der Waals surface area (Å²) in [7, 11) is 0. The van der Waals surface area contributed by atoms with Crippen LogP contribution in [-0.4, -0.2) is 50.1 Å². The van der Waals surface area contributed by atoms with E-state index >= 15 is 0 Å². The molecule has 0 saturated carbocycles. The minimum absolute atomic E-state index is 0. The Balaban J connectivity index is 0.000000141. The van der Waals surface area contributed by atoms with E-state index in [2.05, 4.69) is 15.0 Å². The van der Waals surface area contributed by atoms with Gasteiger partial charge in [-0.25, -0.2) is 0 Å². The number of phenolic OH excluding ortho intramolecular Hbond substituents is 3. The Labute approximate surface area is 209 Å². The van der Waals surface area contributed by atoms with Crippen molar-refractivity contribution in [2.75, 3.05) is 0 Å². The number of aromatic hydroxyl groups is 3. The van der Waals surface area contributed by atoms with Crippen molar-refractivity contribution in [3.05, 3.63) is 110 Å². The molecule has 0 unspecified atom stereocenters. The quantitative estimate of drug-likeness (QED) is 0.238. The van der Waals surface area contributed by atoms with E-state index in [1.807, 2.05) is 54.6 Å². The Morgan fingerprint density at radius 2 is 0.647 bits per heavy atom. The fourth-order valence-electron chi connectivity index (χ4n) is 3.26. The van der Waals surface area contributed by atoms with Gasteiger partial charge in [0.25, 0.3) is 0 Å². The van der Waals surface area contributed by atoms with Crippen LogP contribution in [0.3, 0.4) is 0 Å². The number of aromatic nitrogens is 3. The molecule has 0 aliphatic carbocycles. The molecule has 0 aliphatic rings. The molecule has 0 radical (unpaired) electrons. The Morgan fingerprint density at radius 1 is 0.382 bits per heavy atom. The second-order valence-electron chi connectivity index (χ2n) is 7.06. The van der Waals surface area contributed by atoms with Crippen LogP contribution in [0.4, 0.5) is 0 Å². The molecule has 6 aromatic rings. The molecule has 3 aromatic heterocycles. The summed E-state index contributed by atoms with van der Waals surface area (Å²) in [6.07, 6.45) is 5.01. The smallest absolute Gasteiger partial charge is 0.506 e. The van der Waals surface area contributed by atoms with Crippen molar-refractivity contribution < 1.29 is 15.3 Å². The first-order valence-electron chi connectivity index (χ1n) is 10.2. The first-order chi connectivity index (χ1) is 16.1. The fraction of sp³-hybridized carbons (Fsp3) is 0. The second-order valence-corrected chi connectivity index (χ2v) is 7.06. The molecule has 0 aliphatic heterocycles. The van der Waals surface area contributed by atoms with Gasteiger partial charge in [-0.2, -0.15) is 0 Å². The van der Waals surface area contributed by atoms with Crippen molar-refractivity contribution in [2.45, 2.75) is 0 Å². The van der Waals surface area contributed by atoms with Crippen molar-refractivity contribution in [3.63, 3.8) is 0 Å². The fourth-order valence-corrected chi connectivity index (χ4v) is 3.26. The molecule has 162 valence electrons. The first-order valence-corrected chi connectivity index (χ1v) is 10.2. The van der Waals surface area contributed by atoms with E-state index in [-0.39, 0.29) is 37.0 Å². The van der Waals surface area contributed by atoms with Gasteiger partial charge in [0.15, 0.2) is 0 Å². The molecular weight excluding hydrogens is 484 g/mol. The van der Waals surface area contributed by atoms with E-state index in [1.54, 1.807) is 55.0 Å². The normalized spacial score (nSPS) is 9.88. The van der Waals surface area contributed by atoms with E-state index < -0.39 is 0 Å². The van der Waals surface area contributed by atoms with Gasteiger partial charge in [0.2, 0.25) is 0 Å². The van der Waals surface area contributed by atoms with E-state index in [9.17, 15) is 15.3 Å². The van der Waals surface area contributed by atoms with E-state index in [1.165, 1.54) is 0 Å². The molecule has 0 bridgehead atoms. The van der Waals surface area contributed by atoms with Gasteiger partial charge in [0.05, 0.1) is 0 Å². The zero-order valence-electron chi connectivity index (χ0n) is 18.2. The van der Waals surface area contributed by atoms with Crippen LogP contribution in [0.5, 0.6) is 17.2 Å². The summed E-state index contributed by atoms with van der Waals surface area (Å²) in [5.74, 6) is 0.717. The first kappa shape index (κ1) is 24.6. The predicted molar refractivity (Wildman–Crippen MR) is 136 cm³/mol. The van der Waals surface area contributed by atoms with E-state index in [0.717, 1.165) is 16.2 Å². The van der Waals surface area contributed by atoms with Gasteiger partial charge in [0.1, 0.15) is 33.8 Å². The number of pyridine rings is 3. The maximum atomic E-state index is 9.31. The average Bonchev–Trinajstić information content (AvgIpc) is 2.86. The number of benzene rings is 3. The SMILES string of the molecule is Oc1cccc2cccnc12.Oc1cccc2cccnc12.Oc1cccc2cccnc12.[Ga+3]. The minimum Gasteiger partial charge on any atom is -0.506 e. The molecule has 0 amide bonds.